The summed E-state index contributed by atoms with van der Waals surface area (Å²) in [5.74, 6) is -0.589. The summed E-state index contributed by atoms with van der Waals surface area (Å²) in [4.78, 5) is 8.71. The molecule has 0 amide bonds. The molecule has 0 bridgehead atoms. The Hall–Kier alpha value is -3.59. The minimum Gasteiger partial charge on any atom is -0.275 e. The molecular weight excluding hydrogens is 317 g/mol. The second-order valence-electron chi connectivity index (χ2n) is 5.61. The van der Waals surface area contributed by atoms with E-state index in [1.165, 1.54) is 12.3 Å². The molecule has 0 aliphatic carbocycles. The van der Waals surface area contributed by atoms with E-state index < -0.39 is 5.82 Å². The summed E-state index contributed by atoms with van der Waals surface area (Å²) in [6.07, 6.45) is 4.99. The van der Waals surface area contributed by atoms with Gasteiger partial charge in [0.2, 0.25) is 0 Å². The van der Waals surface area contributed by atoms with Crippen LogP contribution in [0.3, 0.4) is 0 Å². The molecule has 120 valence electrons. The van der Waals surface area contributed by atoms with E-state index in [4.69, 9.17) is 5.26 Å². The third kappa shape index (κ3) is 2.52. The van der Waals surface area contributed by atoms with Crippen molar-refractivity contribution in [1.82, 2.24) is 19.7 Å². The van der Waals surface area contributed by atoms with Crippen LogP contribution in [0.1, 0.15) is 5.56 Å². The number of rotatable bonds is 2. The third-order valence-corrected chi connectivity index (χ3v) is 3.96. The summed E-state index contributed by atoms with van der Waals surface area (Å²) in [5.41, 5.74) is 2.88. The number of hydrogen-bond donors (Lipinski definition) is 0. The number of benzene rings is 2. The minimum atomic E-state index is -0.589. The zero-order valence-electron chi connectivity index (χ0n) is 13.3. The molecule has 5 nitrogen and oxygen atoms in total. The van der Waals surface area contributed by atoms with E-state index in [9.17, 15) is 4.39 Å². The van der Waals surface area contributed by atoms with Gasteiger partial charge in [0.05, 0.1) is 22.5 Å². The van der Waals surface area contributed by atoms with Gasteiger partial charge in [0.15, 0.2) is 0 Å². The van der Waals surface area contributed by atoms with Crippen LogP contribution in [0.2, 0.25) is 0 Å². The van der Waals surface area contributed by atoms with Gasteiger partial charge in [-0.1, -0.05) is 12.1 Å². The van der Waals surface area contributed by atoms with Crippen LogP contribution in [0.25, 0.3) is 33.4 Å². The average Bonchev–Trinajstić information content (AvgIpc) is 3.01. The number of nitrogens with zero attached hydrogens (tertiary/aromatic N) is 5. The van der Waals surface area contributed by atoms with Crippen molar-refractivity contribution < 1.29 is 4.39 Å². The lowest BCUT2D eigenvalue weighted by Gasteiger charge is -2.09. The van der Waals surface area contributed by atoms with E-state index in [0.29, 0.717) is 11.4 Å². The number of nitriles is 1. The van der Waals surface area contributed by atoms with Gasteiger partial charge in [-0.2, -0.15) is 10.4 Å². The lowest BCUT2D eigenvalue weighted by molar-refractivity contribution is 0.627. The number of fused-ring (bicyclic) bond motifs is 1. The zero-order chi connectivity index (χ0) is 17.4. The van der Waals surface area contributed by atoms with Gasteiger partial charge in [0, 0.05) is 42.2 Å². The summed E-state index contributed by atoms with van der Waals surface area (Å²) < 4.78 is 16.3. The second kappa shape index (κ2) is 5.80. The third-order valence-electron chi connectivity index (χ3n) is 3.96. The highest BCUT2D eigenvalue weighted by Crippen LogP contribution is 2.32. The fourth-order valence-corrected chi connectivity index (χ4v) is 2.84. The van der Waals surface area contributed by atoms with Gasteiger partial charge in [0.1, 0.15) is 11.9 Å². The first kappa shape index (κ1) is 15.0. The van der Waals surface area contributed by atoms with Gasteiger partial charge < -0.3 is 0 Å². The van der Waals surface area contributed by atoms with Crippen molar-refractivity contribution in [2.45, 2.75) is 0 Å². The Balaban J connectivity index is 1.94. The smallest absolute Gasteiger partial charge is 0.150 e. The monoisotopic (exact) mass is 329 g/mol. The Morgan fingerprint density at radius 3 is 2.68 bits per heavy atom. The van der Waals surface area contributed by atoms with Crippen LogP contribution in [0, 0.1) is 17.1 Å². The van der Waals surface area contributed by atoms with E-state index in [1.807, 2.05) is 37.5 Å². The van der Waals surface area contributed by atoms with Crippen molar-refractivity contribution in [1.29, 1.82) is 5.26 Å². The maximum absolute atomic E-state index is 14.6. The number of aryl methyl sites for hydroxylation is 1. The number of hydrogen-bond acceptors (Lipinski definition) is 4. The first-order chi connectivity index (χ1) is 12.2. The normalized spacial score (nSPS) is 10.8. The molecule has 2 aromatic heterocycles. The molecule has 25 heavy (non-hydrogen) atoms. The van der Waals surface area contributed by atoms with Gasteiger partial charge in [0.25, 0.3) is 0 Å². The van der Waals surface area contributed by atoms with Crippen LogP contribution >= 0.6 is 0 Å². The van der Waals surface area contributed by atoms with Gasteiger partial charge in [-0.25, -0.2) is 4.39 Å². The molecule has 0 atom stereocenters. The highest BCUT2D eigenvalue weighted by Gasteiger charge is 2.16. The second-order valence-corrected chi connectivity index (χ2v) is 5.61. The highest BCUT2D eigenvalue weighted by molar-refractivity contribution is 5.87. The topological polar surface area (TPSA) is 67.4 Å². The molecule has 0 saturated heterocycles. The summed E-state index contributed by atoms with van der Waals surface area (Å²) in [7, 11) is 1.86. The van der Waals surface area contributed by atoms with Gasteiger partial charge >= 0.3 is 0 Å². The van der Waals surface area contributed by atoms with Crippen LogP contribution in [-0.4, -0.2) is 19.7 Å². The quantitative estimate of drug-likeness (QED) is 0.562. The maximum Gasteiger partial charge on any atom is 0.150 e. The van der Waals surface area contributed by atoms with Crippen molar-refractivity contribution in [3.8, 4) is 28.6 Å². The molecular formula is C19H12FN5. The van der Waals surface area contributed by atoms with E-state index in [1.54, 1.807) is 23.0 Å². The molecule has 4 rings (SSSR count). The summed E-state index contributed by atoms with van der Waals surface area (Å²) in [6.45, 7) is 0. The lowest BCUT2D eigenvalue weighted by atomic mass is 10.0. The molecule has 0 saturated carbocycles. The highest BCUT2D eigenvalue weighted by atomic mass is 19.1. The van der Waals surface area contributed by atoms with Crippen molar-refractivity contribution in [3.05, 3.63) is 66.4 Å². The minimum absolute atomic E-state index is 0.0168. The fraction of sp³-hybridized carbons (Fsp3) is 0.0526. The molecule has 0 spiro atoms. The average molecular weight is 329 g/mol. The Morgan fingerprint density at radius 2 is 1.88 bits per heavy atom. The molecule has 0 unspecified atom stereocenters. The predicted molar refractivity (Wildman–Crippen MR) is 91.8 cm³/mol. The molecule has 0 aliphatic rings. The van der Waals surface area contributed by atoms with Crippen LogP contribution in [0.5, 0.6) is 0 Å². The summed E-state index contributed by atoms with van der Waals surface area (Å²) in [6, 6.07) is 12.3. The molecule has 0 N–H and O–H groups in total. The van der Waals surface area contributed by atoms with Gasteiger partial charge in [-0.05, 0) is 24.3 Å². The Kier molecular flexibility index (Phi) is 3.47. The van der Waals surface area contributed by atoms with Gasteiger partial charge in [-0.3, -0.25) is 14.6 Å². The molecule has 2 aromatic carbocycles. The van der Waals surface area contributed by atoms with Crippen LogP contribution in [0.4, 0.5) is 4.39 Å². The van der Waals surface area contributed by atoms with E-state index >= 15 is 0 Å². The Bertz CT molecular complexity index is 1140. The van der Waals surface area contributed by atoms with E-state index in [-0.39, 0.29) is 11.1 Å². The Labute approximate surface area is 143 Å². The van der Waals surface area contributed by atoms with E-state index in [2.05, 4.69) is 15.1 Å². The van der Waals surface area contributed by atoms with Crippen molar-refractivity contribution in [2.75, 3.05) is 0 Å². The Morgan fingerprint density at radius 1 is 1.08 bits per heavy atom. The number of aromatic nitrogens is 4. The van der Waals surface area contributed by atoms with Gasteiger partial charge in [-0.15, -0.1) is 0 Å². The molecule has 0 aliphatic heterocycles. The summed E-state index contributed by atoms with van der Waals surface area (Å²) >= 11 is 0. The molecule has 0 fully saturated rings. The fourth-order valence-electron chi connectivity index (χ4n) is 2.84. The lowest BCUT2D eigenvalue weighted by Crippen LogP contribution is -1.96. The predicted octanol–water partition coefficient (Wildman–Crippen LogP) is 3.71. The van der Waals surface area contributed by atoms with E-state index in [0.717, 1.165) is 16.5 Å². The maximum atomic E-state index is 14.6. The first-order valence-electron chi connectivity index (χ1n) is 7.61. The largest absolute Gasteiger partial charge is 0.275 e. The van der Waals surface area contributed by atoms with Crippen LogP contribution < -0.4 is 0 Å². The zero-order valence-corrected chi connectivity index (χ0v) is 13.3. The SMILES string of the molecule is Cn1cc2cc(-c3nccnc3-c3cccc(C#N)c3F)ccc2n1. The molecule has 4 aromatic rings. The van der Waals surface area contributed by atoms with Crippen LogP contribution in [-0.2, 0) is 7.05 Å². The van der Waals surface area contributed by atoms with Crippen molar-refractivity contribution in [3.63, 3.8) is 0 Å². The first-order valence-corrected chi connectivity index (χ1v) is 7.61. The number of halogens is 1. The van der Waals surface area contributed by atoms with Crippen molar-refractivity contribution in [2.24, 2.45) is 7.05 Å². The van der Waals surface area contributed by atoms with Crippen LogP contribution in [0.15, 0.2) is 55.0 Å². The molecule has 0 radical (unpaired) electrons. The van der Waals surface area contributed by atoms with Crippen molar-refractivity contribution >= 4 is 10.9 Å². The molecule has 6 heteroatoms. The molecule has 2 heterocycles. The summed E-state index contributed by atoms with van der Waals surface area (Å²) in [5, 5.41) is 14.4. The standard InChI is InChI=1S/C19H12FN5/c1-25-11-14-9-12(5-6-16(14)24-25)18-19(23-8-7-22-18)15-4-2-3-13(10-21)17(15)20/h2-9,11H,1H3.